The molecular formula is C8H11NO2. The zero-order chi connectivity index (χ0) is 8.85. The number of rotatable bonds is 3. The van der Waals surface area contributed by atoms with Crippen LogP contribution < -0.4 is 0 Å². The number of nitrogens with zero attached hydrogens (tertiary/aromatic N) is 1. The van der Waals surface area contributed by atoms with E-state index in [0.29, 0.717) is 5.70 Å². The Bertz CT molecular complexity index is 226. The minimum atomic E-state index is -0.975. The number of carboxylic acid groups (broad SMARTS) is 1. The Hall–Kier alpha value is -1.38. The van der Waals surface area contributed by atoms with Crippen LogP contribution >= 0.6 is 0 Å². The Balaban J connectivity index is 4.34. The van der Waals surface area contributed by atoms with Crippen molar-refractivity contribution >= 4 is 12.2 Å². The zero-order valence-electron chi connectivity index (χ0n) is 6.66. The highest BCUT2D eigenvalue weighted by molar-refractivity contribution is 6.08. The lowest BCUT2D eigenvalue weighted by atomic mass is 10.3. The van der Waals surface area contributed by atoms with E-state index >= 15 is 0 Å². The molecular weight excluding hydrogens is 142 g/mol. The fourth-order valence-electron chi connectivity index (χ4n) is 0.433. The predicted octanol–water partition coefficient (Wildman–Crippen LogP) is 1.62. The molecule has 0 saturated heterocycles. The highest BCUT2D eigenvalue weighted by atomic mass is 16.4. The summed E-state index contributed by atoms with van der Waals surface area (Å²) in [6.07, 6.45) is 2.76. The molecule has 0 radical (unpaired) electrons. The maximum Gasteiger partial charge on any atom is 0.336 e. The third-order valence-corrected chi connectivity index (χ3v) is 0.982. The van der Waals surface area contributed by atoms with Crippen molar-refractivity contribution in [1.82, 2.24) is 0 Å². The monoisotopic (exact) mass is 153 g/mol. The van der Waals surface area contributed by atoms with Gasteiger partial charge in [0.25, 0.3) is 0 Å². The second-order valence-corrected chi connectivity index (χ2v) is 2.04. The van der Waals surface area contributed by atoms with Gasteiger partial charge in [0, 0.05) is 11.9 Å². The molecule has 0 rings (SSSR count). The normalized spacial score (nSPS) is 12.0. The summed E-state index contributed by atoms with van der Waals surface area (Å²) in [5.74, 6) is -0.975. The molecule has 0 amide bonds. The molecule has 3 nitrogen and oxygen atoms in total. The number of carboxylic acids is 1. The molecule has 0 heterocycles. The largest absolute Gasteiger partial charge is 0.478 e. The summed E-state index contributed by atoms with van der Waals surface area (Å²) in [6, 6.07) is 0. The van der Waals surface area contributed by atoms with Crippen LogP contribution in [0, 0.1) is 0 Å². The van der Waals surface area contributed by atoms with Crippen molar-refractivity contribution < 1.29 is 9.90 Å². The van der Waals surface area contributed by atoms with Crippen molar-refractivity contribution in [1.29, 1.82) is 0 Å². The molecule has 0 aromatic heterocycles. The summed E-state index contributed by atoms with van der Waals surface area (Å²) in [5.41, 5.74) is 0.763. The molecule has 3 heteroatoms. The van der Waals surface area contributed by atoms with Gasteiger partial charge in [0.2, 0.25) is 0 Å². The van der Waals surface area contributed by atoms with Gasteiger partial charge in [-0.05, 0) is 13.8 Å². The van der Waals surface area contributed by atoms with Crippen molar-refractivity contribution in [3.63, 3.8) is 0 Å². The Morgan fingerprint density at radius 2 is 2.18 bits per heavy atom. The Labute approximate surface area is 65.8 Å². The van der Waals surface area contributed by atoms with E-state index in [4.69, 9.17) is 5.11 Å². The van der Waals surface area contributed by atoms with Crippen LogP contribution in [-0.4, -0.2) is 17.3 Å². The first-order valence-corrected chi connectivity index (χ1v) is 3.17. The van der Waals surface area contributed by atoms with Crippen LogP contribution in [0.5, 0.6) is 0 Å². The number of aliphatic carboxylic acids is 1. The van der Waals surface area contributed by atoms with Gasteiger partial charge < -0.3 is 5.11 Å². The van der Waals surface area contributed by atoms with Gasteiger partial charge >= 0.3 is 5.97 Å². The van der Waals surface area contributed by atoms with Crippen molar-refractivity contribution in [2.24, 2.45) is 4.99 Å². The molecule has 0 unspecified atom stereocenters. The summed E-state index contributed by atoms with van der Waals surface area (Å²) in [5, 5.41) is 8.50. The molecule has 60 valence electrons. The van der Waals surface area contributed by atoms with Gasteiger partial charge in [0.15, 0.2) is 0 Å². The molecule has 0 saturated carbocycles. The van der Waals surface area contributed by atoms with E-state index in [1.54, 1.807) is 13.8 Å². The van der Waals surface area contributed by atoms with E-state index in [0.717, 1.165) is 0 Å². The summed E-state index contributed by atoms with van der Waals surface area (Å²) in [7, 11) is 0. The van der Waals surface area contributed by atoms with Gasteiger partial charge in [-0.25, -0.2) is 4.79 Å². The molecule has 0 spiro atoms. The molecule has 0 aromatic carbocycles. The van der Waals surface area contributed by atoms with Crippen molar-refractivity contribution in [2.75, 3.05) is 0 Å². The maximum atomic E-state index is 10.4. The fraction of sp³-hybridized carbons (Fsp3) is 0.250. The highest BCUT2D eigenvalue weighted by Crippen LogP contribution is 1.93. The second-order valence-electron chi connectivity index (χ2n) is 2.04. The van der Waals surface area contributed by atoms with Crippen molar-refractivity contribution in [2.45, 2.75) is 13.8 Å². The molecule has 11 heavy (non-hydrogen) atoms. The van der Waals surface area contributed by atoms with Gasteiger partial charge in [-0.3, -0.25) is 4.99 Å². The topological polar surface area (TPSA) is 49.7 Å². The van der Waals surface area contributed by atoms with Crippen molar-refractivity contribution in [3.05, 3.63) is 23.9 Å². The number of allylic oxidation sites excluding steroid dienone is 2. The average molecular weight is 153 g/mol. The number of carbonyl (C=O) groups is 1. The third kappa shape index (κ3) is 4.08. The van der Waals surface area contributed by atoms with Gasteiger partial charge in [0.1, 0.15) is 0 Å². The maximum absolute atomic E-state index is 10.4. The predicted molar refractivity (Wildman–Crippen MR) is 44.7 cm³/mol. The standard InChI is InChI=1S/C8H11NO2/c1-4-7(8(10)11)5-9-6(2)3/h4-5H,2H2,1,3H3,(H,10,11)/b7-4+,9-5?. The minimum absolute atomic E-state index is 0.174. The van der Waals surface area contributed by atoms with Crippen LogP contribution in [0.1, 0.15) is 13.8 Å². The van der Waals surface area contributed by atoms with E-state index in [1.807, 2.05) is 0 Å². The van der Waals surface area contributed by atoms with Crippen LogP contribution in [0.4, 0.5) is 0 Å². The quantitative estimate of drug-likeness (QED) is 0.494. The summed E-state index contributed by atoms with van der Waals surface area (Å²) in [4.78, 5) is 14.1. The number of hydrogen-bond acceptors (Lipinski definition) is 2. The van der Waals surface area contributed by atoms with Crippen LogP contribution in [0.15, 0.2) is 28.9 Å². The first-order valence-electron chi connectivity index (χ1n) is 3.17. The van der Waals surface area contributed by atoms with E-state index in [2.05, 4.69) is 11.6 Å². The Morgan fingerprint density at radius 1 is 1.64 bits per heavy atom. The van der Waals surface area contributed by atoms with Crippen LogP contribution in [-0.2, 0) is 4.79 Å². The first kappa shape index (κ1) is 9.62. The molecule has 0 bridgehead atoms. The zero-order valence-corrected chi connectivity index (χ0v) is 6.66. The summed E-state index contributed by atoms with van der Waals surface area (Å²) in [6.45, 7) is 6.85. The second kappa shape index (κ2) is 4.44. The van der Waals surface area contributed by atoms with Gasteiger partial charge in [0.05, 0.1) is 5.57 Å². The van der Waals surface area contributed by atoms with E-state index in [1.165, 1.54) is 12.3 Å². The van der Waals surface area contributed by atoms with Gasteiger partial charge in [-0.15, -0.1) is 0 Å². The Morgan fingerprint density at radius 3 is 2.45 bits per heavy atom. The lowest BCUT2D eigenvalue weighted by Crippen LogP contribution is -2.00. The SMILES string of the molecule is C=C(C)N=C/C(=C\C)C(=O)O. The van der Waals surface area contributed by atoms with E-state index in [9.17, 15) is 4.79 Å². The molecule has 0 fully saturated rings. The van der Waals surface area contributed by atoms with Crippen LogP contribution in [0.25, 0.3) is 0 Å². The number of aliphatic imine (C=N–C) groups is 1. The number of hydrogen-bond donors (Lipinski definition) is 1. The smallest absolute Gasteiger partial charge is 0.336 e. The highest BCUT2D eigenvalue weighted by Gasteiger charge is 2.00. The van der Waals surface area contributed by atoms with Crippen LogP contribution in [0.3, 0.4) is 0 Å². The van der Waals surface area contributed by atoms with E-state index < -0.39 is 5.97 Å². The lowest BCUT2D eigenvalue weighted by Gasteiger charge is -1.90. The average Bonchev–Trinajstić information content (AvgIpc) is 1.87. The lowest BCUT2D eigenvalue weighted by molar-refractivity contribution is -0.132. The molecule has 0 aliphatic rings. The molecule has 0 aliphatic carbocycles. The first-order chi connectivity index (χ1) is 5.07. The Kier molecular flexibility index (Phi) is 3.88. The van der Waals surface area contributed by atoms with E-state index in [-0.39, 0.29) is 5.57 Å². The van der Waals surface area contributed by atoms with Crippen LogP contribution in [0.2, 0.25) is 0 Å². The van der Waals surface area contributed by atoms with Gasteiger partial charge in [-0.1, -0.05) is 12.7 Å². The fourth-order valence-corrected chi connectivity index (χ4v) is 0.433. The summed E-state index contributed by atoms with van der Waals surface area (Å²) >= 11 is 0. The molecule has 0 aromatic rings. The molecule has 0 atom stereocenters. The minimum Gasteiger partial charge on any atom is -0.478 e. The third-order valence-electron chi connectivity index (χ3n) is 0.982. The summed E-state index contributed by atoms with van der Waals surface area (Å²) < 4.78 is 0. The van der Waals surface area contributed by atoms with Gasteiger partial charge in [-0.2, -0.15) is 0 Å². The van der Waals surface area contributed by atoms with Crippen molar-refractivity contribution in [3.8, 4) is 0 Å². The molecule has 0 aliphatic heterocycles. The molecule has 1 N–H and O–H groups in total.